The van der Waals surface area contributed by atoms with Gasteiger partial charge < -0.3 is 37.2 Å². The van der Waals surface area contributed by atoms with Gasteiger partial charge in [0.2, 0.25) is 0 Å². The van der Waals surface area contributed by atoms with E-state index < -0.39 is 0 Å². The van der Waals surface area contributed by atoms with Crippen LogP contribution in [0.4, 0.5) is 0 Å². The van der Waals surface area contributed by atoms with Gasteiger partial charge in [-0.15, -0.1) is 0 Å². The van der Waals surface area contributed by atoms with Crippen LogP contribution >= 0.6 is 0 Å². The second-order valence-corrected chi connectivity index (χ2v) is 10.0. The van der Waals surface area contributed by atoms with Crippen molar-refractivity contribution in [1.82, 2.24) is 0 Å². The van der Waals surface area contributed by atoms with Crippen molar-refractivity contribution in [1.29, 1.82) is 0 Å². The molecule has 0 aromatic heterocycles. The molecule has 2 aromatic rings. The Morgan fingerprint density at radius 3 is 1.67 bits per heavy atom. The average molecular weight is 498 g/mol. The molecule has 0 bridgehead atoms. The maximum atomic E-state index is 2.55. The zero-order valence-electron chi connectivity index (χ0n) is 18.3. The summed E-state index contributed by atoms with van der Waals surface area (Å²) >= 11 is 2.42. The quantitative estimate of drug-likeness (QED) is 0.423. The molecule has 0 N–H and O–H groups in total. The summed E-state index contributed by atoms with van der Waals surface area (Å²) in [6.07, 6.45) is 11.1. The molecule has 0 spiro atoms. The molecule has 160 valence electrons. The summed E-state index contributed by atoms with van der Waals surface area (Å²) in [5, 5.41) is 0. The third-order valence-electron chi connectivity index (χ3n) is 5.95. The van der Waals surface area contributed by atoms with Crippen molar-refractivity contribution in [3.05, 3.63) is 95.6 Å². The summed E-state index contributed by atoms with van der Waals surface area (Å²) in [5.41, 5.74) is 4.16. The molecule has 0 nitrogen and oxygen atoms in total. The Labute approximate surface area is 213 Å². The Morgan fingerprint density at radius 1 is 0.800 bits per heavy atom. The Kier molecular flexibility index (Phi) is 11.7. The van der Waals surface area contributed by atoms with Gasteiger partial charge in [-0.3, -0.25) is 0 Å². The summed E-state index contributed by atoms with van der Waals surface area (Å²) in [7, 11) is 0. The fourth-order valence-electron chi connectivity index (χ4n) is 4.90. The fourth-order valence-corrected chi connectivity index (χ4v) is 6.36. The zero-order chi connectivity index (χ0) is 19.5. The van der Waals surface area contributed by atoms with Crippen LogP contribution < -0.4 is 37.2 Å². The van der Waals surface area contributed by atoms with Crippen LogP contribution in [-0.2, 0) is 25.9 Å². The van der Waals surface area contributed by atoms with Gasteiger partial charge in [0.25, 0.3) is 0 Å². The molecule has 0 saturated heterocycles. The minimum Gasteiger partial charge on any atom is -1.00 e. The second-order valence-electron chi connectivity index (χ2n) is 8.76. The van der Waals surface area contributed by atoms with Crippen molar-refractivity contribution in [2.45, 2.75) is 56.1 Å². The molecule has 0 amide bonds. The third kappa shape index (κ3) is 5.28. The number of unbranched alkanes of at least 4 members (excludes halogenated alkanes) is 1. The van der Waals surface area contributed by atoms with Crippen molar-refractivity contribution < 1.29 is 57.7 Å². The van der Waals surface area contributed by atoms with Crippen molar-refractivity contribution in [2.75, 3.05) is 0 Å². The maximum absolute atomic E-state index is 2.55. The van der Waals surface area contributed by atoms with Crippen molar-refractivity contribution >= 4 is 0 Å². The van der Waals surface area contributed by atoms with Gasteiger partial charge in [-0.05, 0) is 0 Å². The largest absolute Gasteiger partial charge is 1.00 e. The smallest absolute Gasteiger partial charge is 1.00 e. The number of benzene rings is 2. The van der Waals surface area contributed by atoms with Crippen LogP contribution in [0.25, 0.3) is 0 Å². The standard InChI is InChI=1S/C26H31.3ClH.Ti/c1-5-6-13-21-18-19-24(20-21)26(25(2,3)4,22-14-9-7-10-15-22)23-16-11-8-12-17-23;;;;/h7-12,14-20H,5-6,13H2,1-4H3;3*1H;/q;;;;+3/p-3. The maximum Gasteiger partial charge on any atom is -1.00 e. The summed E-state index contributed by atoms with van der Waals surface area (Å²) in [4.78, 5) is 0. The van der Waals surface area contributed by atoms with Gasteiger partial charge in [0.1, 0.15) is 0 Å². The molecule has 1 unspecified atom stereocenters. The first-order valence-corrected chi connectivity index (χ1v) is 10.9. The van der Waals surface area contributed by atoms with Gasteiger partial charge in [-0.2, -0.15) is 0 Å². The summed E-state index contributed by atoms with van der Waals surface area (Å²) in [6, 6.07) is 22.2. The molecule has 30 heavy (non-hydrogen) atoms. The van der Waals surface area contributed by atoms with E-state index in [1.165, 1.54) is 36.0 Å². The molecule has 0 aliphatic heterocycles. The Hall–Kier alpha value is -0.496. The van der Waals surface area contributed by atoms with E-state index in [0.29, 0.717) is 0 Å². The summed E-state index contributed by atoms with van der Waals surface area (Å²) in [6.45, 7) is 9.45. The Bertz CT molecular complexity index is 783. The molecule has 0 saturated carbocycles. The second kappa shape index (κ2) is 11.9. The van der Waals surface area contributed by atoms with E-state index in [0.717, 1.165) is 0 Å². The van der Waals surface area contributed by atoms with Gasteiger partial charge >= 0.3 is 178 Å². The molecule has 0 fully saturated rings. The van der Waals surface area contributed by atoms with E-state index in [1.54, 1.807) is 0 Å². The van der Waals surface area contributed by atoms with Crippen molar-refractivity contribution in [3.8, 4) is 0 Å². The van der Waals surface area contributed by atoms with Gasteiger partial charge in [-0.1, -0.05) is 0 Å². The molecule has 1 atom stereocenters. The Balaban J connectivity index is 0.00000280. The number of rotatable bonds is 6. The van der Waals surface area contributed by atoms with Gasteiger partial charge in [0, 0.05) is 0 Å². The minimum absolute atomic E-state index is 0. The van der Waals surface area contributed by atoms with Crippen molar-refractivity contribution in [2.24, 2.45) is 5.41 Å². The van der Waals surface area contributed by atoms with E-state index >= 15 is 0 Å². The van der Waals surface area contributed by atoms with Crippen LogP contribution in [0.2, 0.25) is 3.72 Å². The molecule has 1 aliphatic rings. The fraction of sp³-hybridized carbons (Fsp3) is 0.385. The minimum atomic E-state index is -0.146. The first kappa shape index (κ1) is 29.5. The van der Waals surface area contributed by atoms with Gasteiger partial charge in [-0.25, -0.2) is 0 Å². The van der Waals surface area contributed by atoms with Crippen LogP contribution in [-0.4, -0.2) is 0 Å². The van der Waals surface area contributed by atoms with Crippen LogP contribution in [0.5, 0.6) is 0 Å². The molecule has 1 aliphatic carbocycles. The molecule has 0 heterocycles. The summed E-state index contributed by atoms with van der Waals surface area (Å²) < 4.78 is -0.0724. The monoisotopic (exact) mass is 496 g/mol. The topological polar surface area (TPSA) is 0 Å². The van der Waals surface area contributed by atoms with Gasteiger partial charge in [0.05, 0.1) is 0 Å². The predicted molar refractivity (Wildman–Crippen MR) is 113 cm³/mol. The van der Waals surface area contributed by atoms with E-state index in [2.05, 4.69) is 127 Å². The molecular formula is C26H31Cl3Ti. The first-order chi connectivity index (χ1) is 12.8. The summed E-state index contributed by atoms with van der Waals surface area (Å²) in [5.74, 6) is 0. The average Bonchev–Trinajstić information content (AvgIpc) is 3.03. The van der Waals surface area contributed by atoms with Crippen LogP contribution in [0, 0.1) is 5.41 Å². The molecule has 2 aromatic carbocycles. The van der Waals surface area contributed by atoms with E-state index in [4.69, 9.17) is 0 Å². The van der Waals surface area contributed by atoms with Crippen LogP contribution in [0.15, 0.2) is 84.5 Å². The normalized spacial score (nSPS) is 18.0. The van der Waals surface area contributed by atoms with Crippen LogP contribution in [0.1, 0.15) is 58.1 Å². The molecular weight excluding hydrogens is 467 g/mol. The molecule has 4 heteroatoms. The SMILES string of the molecule is CCCCC1=C[C]([Ti+3])(C(c2ccccc2)(c2ccccc2)C(C)(C)C)C=C1.[Cl-].[Cl-].[Cl-]. The number of hydrogen-bond donors (Lipinski definition) is 0. The first-order valence-electron chi connectivity index (χ1n) is 10.1. The van der Waals surface area contributed by atoms with Gasteiger partial charge in [0.15, 0.2) is 0 Å². The van der Waals surface area contributed by atoms with E-state index in [-0.39, 0.29) is 51.8 Å². The molecule has 3 rings (SSSR count). The van der Waals surface area contributed by atoms with Crippen molar-refractivity contribution in [3.63, 3.8) is 0 Å². The van der Waals surface area contributed by atoms with E-state index in [1.807, 2.05) is 0 Å². The molecule has 0 radical (unpaired) electrons. The van der Waals surface area contributed by atoms with E-state index in [9.17, 15) is 0 Å². The number of hydrogen-bond acceptors (Lipinski definition) is 0. The predicted octanol–water partition coefficient (Wildman–Crippen LogP) is -1.58. The number of allylic oxidation sites excluding steroid dienone is 4. The third-order valence-corrected chi connectivity index (χ3v) is 7.02. The Morgan fingerprint density at radius 2 is 1.27 bits per heavy atom. The van der Waals surface area contributed by atoms with Crippen LogP contribution in [0.3, 0.4) is 0 Å². The zero-order valence-corrected chi connectivity index (χ0v) is 22.1. The number of halogens is 3.